The van der Waals surface area contributed by atoms with E-state index in [0.717, 1.165) is 17.1 Å². The van der Waals surface area contributed by atoms with Gasteiger partial charge in [-0.15, -0.1) is 0 Å². The number of benzene rings is 3. The van der Waals surface area contributed by atoms with E-state index in [2.05, 4.69) is 4.98 Å². The summed E-state index contributed by atoms with van der Waals surface area (Å²) in [4.78, 5) is 16.8. The molecule has 0 atom stereocenters. The fraction of sp³-hybridized carbons (Fsp3) is 0.200. The molecule has 0 N–H and O–H groups in total. The maximum absolute atomic E-state index is 13.4. The van der Waals surface area contributed by atoms with Crippen LogP contribution >= 0.6 is 11.8 Å². The van der Waals surface area contributed by atoms with Crippen molar-refractivity contribution in [3.63, 3.8) is 0 Å². The van der Waals surface area contributed by atoms with Crippen LogP contribution in [0.3, 0.4) is 0 Å². The predicted molar refractivity (Wildman–Crippen MR) is 122 cm³/mol. The number of hydrogen-bond donors (Lipinski definition) is 0. The molecule has 8 heteroatoms. The van der Waals surface area contributed by atoms with Crippen molar-refractivity contribution in [2.24, 2.45) is 0 Å². The zero-order valence-electron chi connectivity index (χ0n) is 17.8. The zero-order chi connectivity index (χ0) is 23.4. The number of fused-ring (bicyclic) bond motifs is 1. The average Bonchev–Trinajstić information content (AvgIpc) is 3.14. The van der Waals surface area contributed by atoms with Gasteiger partial charge in [0, 0.05) is 5.75 Å². The lowest BCUT2D eigenvalue weighted by atomic mass is 10.1. The van der Waals surface area contributed by atoms with E-state index in [1.807, 2.05) is 34.9 Å². The van der Waals surface area contributed by atoms with Gasteiger partial charge in [-0.25, -0.2) is 9.78 Å². The van der Waals surface area contributed by atoms with Crippen molar-refractivity contribution >= 4 is 28.8 Å². The molecule has 1 heterocycles. The highest BCUT2D eigenvalue weighted by molar-refractivity contribution is 7.98. The van der Waals surface area contributed by atoms with Gasteiger partial charge in [0.15, 0.2) is 5.16 Å². The molecule has 0 spiro atoms. The minimum absolute atomic E-state index is 0.110. The third kappa shape index (κ3) is 5.22. The number of thioether (sulfide) groups is 1. The first-order valence-corrected chi connectivity index (χ1v) is 11.3. The number of alkyl halides is 3. The Kier molecular flexibility index (Phi) is 6.74. The molecule has 4 aromatic rings. The molecule has 0 saturated heterocycles. The van der Waals surface area contributed by atoms with Gasteiger partial charge in [-0.3, -0.25) is 0 Å². The molecular weight excluding hydrogens is 449 g/mol. The van der Waals surface area contributed by atoms with Crippen LogP contribution in [-0.2, 0) is 23.2 Å². The summed E-state index contributed by atoms with van der Waals surface area (Å²) in [5, 5.41) is 0.576. The Morgan fingerprint density at radius 2 is 1.76 bits per heavy atom. The fourth-order valence-electron chi connectivity index (χ4n) is 3.54. The van der Waals surface area contributed by atoms with Crippen LogP contribution in [0, 0.1) is 0 Å². The summed E-state index contributed by atoms with van der Waals surface area (Å²) in [6.07, 6.45) is -4.42. The molecule has 33 heavy (non-hydrogen) atoms. The maximum atomic E-state index is 13.4. The van der Waals surface area contributed by atoms with Crippen LogP contribution in [0.4, 0.5) is 13.2 Å². The summed E-state index contributed by atoms with van der Waals surface area (Å²) in [5.74, 6) is -0.330. The lowest BCUT2D eigenvalue weighted by Gasteiger charge is -2.13. The van der Waals surface area contributed by atoms with Crippen molar-refractivity contribution in [2.45, 2.75) is 30.6 Å². The minimum atomic E-state index is -4.42. The highest BCUT2D eigenvalue weighted by atomic mass is 32.2. The van der Waals surface area contributed by atoms with E-state index in [9.17, 15) is 18.0 Å². The standard InChI is InChI=1S/C25H21F3N2O2S/c1-2-32-23(31)18-12-13-22-21(14-18)29-24(30(22)15-17-8-4-3-5-9-17)33-16-19-10-6-7-11-20(19)25(26,27)28/h3-14H,2,15-16H2,1H3. The first kappa shape index (κ1) is 22.9. The molecule has 3 aromatic carbocycles. The summed E-state index contributed by atoms with van der Waals surface area (Å²) in [7, 11) is 0. The van der Waals surface area contributed by atoms with Crippen molar-refractivity contribution in [1.29, 1.82) is 0 Å². The van der Waals surface area contributed by atoms with Gasteiger partial charge in [0.1, 0.15) is 0 Å². The Labute approximate surface area is 193 Å². The second kappa shape index (κ2) is 9.70. The molecule has 4 rings (SSSR count). The van der Waals surface area contributed by atoms with E-state index >= 15 is 0 Å². The predicted octanol–water partition coefficient (Wildman–Crippen LogP) is 6.57. The molecule has 0 aliphatic rings. The number of esters is 1. The summed E-state index contributed by atoms with van der Waals surface area (Å²) < 4.78 is 47.3. The lowest BCUT2D eigenvalue weighted by molar-refractivity contribution is -0.138. The summed E-state index contributed by atoms with van der Waals surface area (Å²) in [6.45, 7) is 2.50. The number of nitrogens with zero attached hydrogens (tertiary/aromatic N) is 2. The number of aromatic nitrogens is 2. The van der Waals surface area contributed by atoms with Gasteiger partial charge in [-0.05, 0) is 42.3 Å². The first-order valence-electron chi connectivity index (χ1n) is 10.4. The molecule has 0 bridgehead atoms. The maximum Gasteiger partial charge on any atom is 0.416 e. The van der Waals surface area contributed by atoms with Crippen LogP contribution in [0.25, 0.3) is 11.0 Å². The van der Waals surface area contributed by atoms with Crippen LogP contribution in [-0.4, -0.2) is 22.1 Å². The number of rotatable bonds is 7. The van der Waals surface area contributed by atoms with Crippen LogP contribution in [0.1, 0.15) is 34.0 Å². The number of carbonyl (C=O) groups excluding carboxylic acids is 1. The largest absolute Gasteiger partial charge is 0.462 e. The summed E-state index contributed by atoms with van der Waals surface area (Å²) in [6, 6.07) is 20.4. The Hall–Kier alpha value is -3.26. The molecular formula is C25H21F3N2O2S. The number of halogens is 3. The number of carbonyl (C=O) groups is 1. The third-order valence-electron chi connectivity index (χ3n) is 5.09. The zero-order valence-corrected chi connectivity index (χ0v) is 18.6. The van der Waals surface area contributed by atoms with Crippen LogP contribution in [0.5, 0.6) is 0 Å². The van der Waals surface area contributed by atoms with E-state index in [1.54, 1.807) is 31.2 Å². The highest BCUT2D eigenvalue weighted by Gasteiger charge is 2.32. The Bertz CT molecular complexity index is 1270. The first-order chi connectivity index (χ1) is 15.9. The van der Waals surface area contributed by atoms with Gasteiger partial charge in [-0.2, -0.15) is 13.2 Å². The van der Waals surface area contributed by atoms with Gasteiger partial charge >= 0.3 is 12.1 Å². The monoisotopic (exact) mass is 470 g/mol. The van der Waals surface area contributed by atoms with Crippen molar-refractivity contribution in [3.05, 3.63) is 95.1 Å². The van der Waals surface area contributed by atoms with Gasteiger partial charge in [-0.1, -0.05) is 60.3 Å². The van der Waals surface area contributed by atoms with Crippen molar-refractivity contribution in [2.75, 3.05) is 6.61 Å². The number of ether oxygens (including phenoxy) is 1. The Balaban J connectivity index is 1.71. The molecule has 0 saturated carbocycles. The smallest absolute Gasteiger partial charge is 0.416 e. The summed E-state index contributed by atoms with van der Waals surface area (Å²) in [5.41, 5.74) is 2.34. The molecule has 0 amide bonds. The van der Waals surface area contributed by atoms with Crippen molar-refractivity contribution in [3.8, 4) is 0 Å². The quantitative estimate of drug-likeness (QED) is 0.226. The Morgan fingerprint density at radius 1 is 1.03 bits per heavy atom. The number of imidazole rings is 1. The number of hydrogen-bond acceptors (Lipinski definition) is 4. The van der Waals surface area contributed by atoms with E-state index < -0.39 is 17.7 Å². The Morgan fingerprint density at radius 3 is 2.48 bits per heavy atom. The SMILES string of the molecule is CCOC(=O)c1ccc2c(c1)nc(SCc1ccccc1C(F)(F)F)n2Cc1ccccc1. The molecule has 1 aromatic heterocycles. The van der Waals surface area contributed by atoms with E-state index in [4.69, 9.17) is 4.74 Å². The van der Waals surface area contributed by atoms with Crippen molar-refractivity contribution in [1.82, 2.24) is 9.55 Å². The topological polar surface area (TPSA) is 44.1 Å². The molecule has 170 valence electrons. The normalized spacial score (nSPS) is 11.6. The van der Waals surface area contributed by atoms with Gasteiger partial charge in [0.05, 0.1) is 35.3 Å². The van der Waals surface area contributed by atoms with Crippen molar-refractivity contribution < 1.29 is 22.7 Å². The average molecular weight is 471 g/mol. The van der Waals surface area contributed by atoms with Gasteiger partial charge in [0.25, 0.3) is 0 Å². The second-order valence-corrected chi connectivity index (χ2v) is 8.28. The molecule has 0 radical (unpaired) electrons. The van der Waals surface area contributed by atoms with Gasteiger partial charge in [0.2, 0.25) is 0 Å². The molecule has 0 aliphatic heterocycles. The molecule has 0 aliphatic carbocycles. The van der Waals surface area contributed by atoms with E-state index in [1.165, 1.54) is 23.9 Å². The second-order valence-electron chi connectivity index (χ2n) is 7.33. The minimum Gasteiger partial charge on any atom is -0.462 e. The van der Waals surface area contributed by atoms with Crippen LogP contribution < -0.4 is 0 Å². The lowest BCUT2D eigenvalue weighted by Crippen LogP contribution is -2.08. The van der Waals surface area contributed by atoms with Crippen LogP contribution in [0.2, 0.25) is 0 Å². The summed E-state index contributed by atoms with van der Waals surface area (Å²) >= 11 is 1.24. The van der Waals surface area contributed by atoms with E-state index in [-0.39, 0.29) is 17.9 Å². The molecule has 4 nitrogen and oxygen atoms in total. The highest BCUT2D eigenvalue weighted by Crippen LogP contribution is 2.35. The third-order valence-corrected chi connectivity index (χ3v) is 6.11. The van der Waals surface area contributed by atoms with Crippen LogP contribution in [0.15, 0.2) is 78.0 Å². The van der Waals surface area contributed by atoms with Gasteiger partial charge < -0.3 is 9.30 Å². The molecule has 0 unspecified atom stereocenters. The fourth-order valence-corrected chi connectivity index (χ4v) is 4.56. The van der Waals surface area contributed by atoms with E-state index in [0.29, 0.717) is 22.8 Å². The molecule has 0 fully saturated rings.